The van der Waals surface area contributed by atoms with Gasteiger partial charge in [-0.3, -0.25) is 0 Å². The maximum absolute atomic E-state index is 7.27. The molecule has 0 spiro atoms. The molecule has 2 unspecified atom stereocenters. The van der Waals surface area contributed by atoms with Crippen molar-refractivity contribution in [2.75, 3.05) is 4.90 Å². The smallest absolute Gasteiger partial charge is 0.252 e. The summed E-state index contributed by atoms with van der Waals surface area (Å²) in [5.74, 6) is 0. The summed E-state index contributed by atoms with van der Waals surface area (Å²) in [5.41, 5.74) is 13.1. The lowest BCUT2D eigenvalue weighted by Crippen LogP contribution is -2.65. The van der Waals surface area contributed by atoms with Crippen LogP contribution in [0.4, 0.5) is 11.4 Å². The van der Waals surface area contributed by atoms with Crippen molar-refractivity contribution in [2.24, 2.45) is 0 Å². The van der Waals surface area contributed by atoms with E-state index in [9.17, 15) is 0 Å². The van der Waals surface area contributed by atoms with Crippen LogP contribution < -0.4 is 36.8 Å². The summed E-state index contributed by atoms with van der Waals surface area (Å²) >= 11 is 7.27. The van der Waals surface area contributed by atoms with E-state index in [2.05, 4.69) is 137 Å². The fourth-order valence-corrected chi connectivity index (χ4v) is 13.9. The van der Waals surface area contributed by atoms with Gasteiger partial charge in [-0.2, -0.15) is 0 Å². The van der Waals surface area contributed by atoms with Gasteiger partial charge < -0.3 is 9.47 Å². The molecule has 1 aromatic heterocycles. The summed E-state index contributed by atoms with van der Waals surface area (Å²) in [6.07, 6.45) is 5.04. The second kappa shape index (κ2) is 9.42. The Balaban J connectivity index is 1.50. The maximum atomic E-state index is 7.27. The van der Waals surface area contributed by atoms with E-state index in [1.165, 1.54) is 80.7 Å². The summed E-state index contributed by atoms with van der Waals surface area (Å²) in [6, 6.07) is 22.6. The van der Waals surface area contributed by atoms with Crippen molar-refractivity contribution < 1.29 is 0 Å². The Kier molecular flexibility index (Phi) is 6.18. The molecule has 4 aromatic carbocycles. The first-order valence-corrected chi connectivity index (χ1v) is 29.2. The van der Waals surface area contributed by atoms with Gasteiger partial charge in [0.05, 0.1) is 35.3 Å². The van der Waals surface area contributed by atoms with E-state index in [0.717, 1.165) is 5.02 Å². The molecule has 246 valence electrons. The van der Waals surface area contributed by atoms with E-state index in [-0.39, 0.29) is 17.7 Å². The normalized spacial score (nSPS) is 22.8. The predicted octanol–water partition coefficient (Wildman–Crippen LogP) is 7.96. The SMILES string of the molecule is CC12CCCCC1(C)N1c3cc(Cl)cc4c3B(c3cc([Si](C)(C)C)cc2c31)c1cc([Si](C)(C)C)cc2c3cc([Si](C)(C)C)ccc3n-4c12. The summed E-state index contributed by atoms with van der Waals surface area (Å²) in [7, 11) is -4.82. The zero-order valence-electron chi connectivity index (χ0n) is 30.9. The molecule has 2 atom stereocenters. The maximum Gasteiger partial charge on any atom is 0.252 e. The topological polar surface area (TPSA) is 8.17 Å². The van der Waals surface area contributed by atoms with E-state index >= 15 is 0 Å². The zero-order chi connectivity index (χ0) is 34.1. The minimum Gasteiger partial charge on any atom is -0.335 e. The standard InChI is InChI=1S/C41H50BClN2Si3/c1-40-16-12-13-17-41(40,2)45-36-19-25(43)18-35-37(36)42(33-24-28(48(9,10)11)22-31(40)39(33)45)32-23-27(47(6,7)8)21-30-29-20-26(46(3,4)5)14-15-34(29)44(35)38(30)32/h14-15,18-24H,12-13,16-17H2,1-11H3. The first kappa shape index (κ1) is 31.5. The van der Waals surface area contributed by atoms with Crippen molar-refractivity contribution in [1.82, 2.24) is 4.57 Å². The largest absolute Gasteiger partial charge is 0.335 e. The first-order valence-electron chi connectivity index (χ1n) is 18.3. The van der Waals surface area contributed by atoms with Crippen molar-refractivity contribution in [3.63, 3.8) is 0 Å². The highest BCUT2D eigenvalue weighted by molar-refractivity contribution is 7.01. The molecule has 5 aromatic rings. The molecule has 7 heteroatoms. The van der Waals surface area contributed by atoms with Crippen LogP contribution in [-0.2, 0) is 5.41 Å². The van der Waals surface area contributed by atoms with Crippen molar-refractivity contribution >= 4 is 108 Å². The Bertz CT molecular complexity index is 2270. The number of hydrogen-bond donors (Lipinski definition) is 0. The Hall–Kier alpha value is -2.51. The number of rotatable bonds is 3. The van der Waals surface area contributed by atoms with Gasteiger partial charge in [0.15, 0.2) is 0 Å². The Morgan fingerprint density at radius 2 is 1.27 bits per heavy atom. The summed E-state index contributed by atoms with van der Waals surface area (Å²) in [5, 5.41) is 8.38. The van der Waals surface area contributed by atoms with Crippen molar-refractivity contribution in [2.45, 2.75) is 109 Å². The molecule has 0 bridgehead atoms. The molecule has 3 aliphatic heterocycles. The minimum absolute atomic E-state index is 0.00455. The number of hydrogen-bond acceptors (Lipinski definition) is 1. The summed E-state index contributed by atoms with van der Waals surface area (Å²) < 4.78 is 2.62. The molecule has 0 amide bonds. The van der Waals surface area contributed by atoms with E-state index in [4.69, 9.17) is 11.6 Å². The van der Waals surface area contributed by atoms with Gasteiger partial charge in [0.25, 0.3) is 6.71 Å². The van der Waals surface area contributed by atoms with Crippen LogP contribution >= 0.6 is 11.6 Å². The molecule has 2 nitrogen and oxygen atoms in total. The third kappa shape index (κ3) is 3.87. The Morgan fingerprint density at radius 1 is 0.667 bits per heavy atom. The fraction of sp³-hybridized carbons (Fsp3) is 0.415. The predicted molar refractivity (Wildman–Crippen MR) is 222 cm³/mol. The van der Waals surface area contributed by atoms with E-state index in [1.807, 2.05) is 0 Å². The Morgan fingerprint density at radius 3 is 1.96 bits per heavy atom. The number of benzene rings is 4. The number of halogens is 1. The van der Waals surface area contributed by atoms with Gasteiger partial charge >= 0.3 is 0 Å². The molecule has 1 saturated carbocycles. The monoisotopic (exact) mass is 700 g/mol. The van der Waals surface area contributed by atoms with Gasteiger partial charge in [-0.25, -0.2) is 0 Å². The van der Waals surface area contributed by atoms with Gasteiger partial charge in [-0.15, -0.1) is 0 Å². The first-order chi connectivity index (χ1) is 22.3. The van der Waals surface area contributed by atoms with Crippen LogP contribution in [0.1, 0.15) is 45.1 Å². The van der Waals surface area contributed by atoms with Crippen molar-refractivity contribution in [3.8, 4) is 5.69 Å². The van der Waals surface area contributed by atoms with Crippen LogP contribution in [0.3, 0.4) is 0 Å². The zero-order valence-corrected chi connectivity index (χ0v) is 34.6. The van der Waals surface area contributed by atoms with E-state index < -0.39 is 24.2 Å². The van der Waals surface area contributed by atoms with Crippen LogP contribution in [0.25, 0.3) is 27.5 Å². The highest BCUT2D eigenvalue weighted by Crippen LogP contribution is 2.61. The van der Waals surface area contributed by atoms with E-state index in [0.29, 0.717) is 0 Å². The molecule has 4 aliphatic rings. The minimum atomic E-state index is -1.66. The van der Waals surface area contributed by atoms with Crippen LogP contribution in [0, 0.1) is 0 Å². The summed E-state index contributed by atoms with van der Waals surface area (Å²) in [4.78, 5) is 2.82. The van der Waals surface area contributed by atoms with Crippen LogP contribution in [0.15, 0.2) is 54.6 Å². The molecule has 0 N–H and O–H groups in total. The van der Waals surface area contributed by atoms with Crippen molar-refractivity contribution in [1.29, 1.82) is 0 Å². The molecule has 4 heterocycles. The lowest BCUT2D eigenvalue weighted by molar-refractivity contribution is 0.195. The number of fused-ring (bicyclic) bond motifs is 10. The molecule has 48 heavy (non-hydrogen) atoms. The second-order valence-corrected chi connectivity index (χ2v) is 34.8. The van der Waals surface area contributed by atoms with Gasteiger partial charge in [0.1, 0.15) is 0 Å². The lowest BCUT2D eigenvalue weighted by Gasteiger charge is -2.52. The van der Waals surface area contributed by atoms with Gasteiger partial charge in [-0.05, 0) is 59.9 Å². The van der Waals surface area contributed by atoms with Crippen LogP contribution in [0.5, 0.6) is 0 Å². The second-order valence-electron chi connectivity index (χ2n) is 19.2. The van der Waals surface area contributed by atoms with Gasteiger partial charge in [0.2, 0.25) is 0 Å². The van der Waals surface area contributed by atoms with Gasteiger partial charge in [0, 0.05) is 43.8 Å². The number of aromatic nitrogens is 1. The fourth-order valence-electron chi connectivity index (χ4n) is 10.2. The third-order valence-electron chi connectivity index (χ3n) is 13.2. The molecular formula is C41H50BClN2Si3. The molecule has 0 saturated heterocycles. The molecular weight excluding hydrogens is 651 g/mol. The quantitative estimate of drug-likeness (QED) is 0.170. The number of nitrogens with zero attached hydrogens (tertiary/aromatic N) is 2. The molecule has 0 radical (unpaired) electrons. The molecule has 9 rings (SSSR count). The van der Waals surface area contributed by atoms with E-state index in [1.54, 1.807) is 21.4 Å². The average molecular weight is 701 g/mol. The highest BCUT2D eigenvalue weighted by atomic mass is 35.5. The highest BCUT2D eigenvalue weighted by Gasteiger charge is 2.61. The third-order valence-corrected chi connectivity index (χ3v) is 19.5. The van der Waals surface area contributed by atoms with Crippen LogP contribution in [-0.4, -0.2) is 41.0 Å². The lowest BCUT2D eigenvalue weighted by atomic mass is 9.33. The molecule has 1 fully saturated rings. The average Bonchev–Trinajstić information content (AvgIpc) is 3.43. The van der Waals surface area contributed by atoms with Crippen molar-refractivity contribution in [3.05, 3.63) is 65.2 Å². The Labute approximate surface area is 296 Å². The number of anilines is 2. The molecule has 1 aliphatic carbocycles. The van der Waals surface area contributed by atoms with Crippen LogP contribution in [0.2, 0.25) is 63.9 Å². The summed E-state index contributed by atoms with van der Waals surface area (Å²) in [6.45, 7) is 28.0. The van der Waals surface area contributed by atoms with Gasteiger partial charge in [-0.1, -0.05) is 142 Å².